The van der Waals surface area contributed by atoms with Crippen LogP contribution in [0.25, 0.3) is 0 Å². The first-order valence-corrected chi connectivity index (χ1v) is 31.6. The summed E-state index contributed by atoms with van der Waals surface area (Å²) in [7, 11) is 0. The number of rotatable bonds is 47. The van der Waals surface area contributed by atoms with Gasteiger partial charge in [0.05, 0.1) is 122 Å². The van der Waals surface area contributed by atoms with Crippen LogP contribution in [0.1, 0.15) is 82.5 Å². The summed E-state index contributed by atoms with van der Waals surface area (Å²) in [5.41, 5.74) is -0.0248. The molecule has 2 fully saturated rings. The van der Waals surface area contributed by atoms with Crippen molar-refractivity contribution in [3.05, 3.63) is 42.0 Å². The molecule has 11 amide bonds. The Hall–Kier alpha value is -6.28. The number of benzene rings is 1. The summed E-state index contributed by atoms with van der Waals surface area (Å²) in [6.07, 6.45) is -2.48. The first-order chi connectivity index (χ1) is 44.8. The molecule has 3 aliphatic heterocycles. The minimum absolute atomic E-state index is 0.198. The number of ether oxygens (including phenoxy) is 9. The van der Waals surface area contributed by atoms with Crippen LogP contribution < -0.4 is 52.8 Å². The number of hydrogen-bond donors (Lipinski definition) is 15. The Bertz CT molecular complexity index is 2310. The van der Waals surface area contributed by atoms with Crippen molar-refractivity contribution in [3.8, 4) is 0 Å². The highest BCUT2D eigenvalue weighted by Gasteiger charge is 2.45. The van der Waals surface area contributed by atoms with Gasteiger partial charge in [-0.05, 0) is 82.6 Å². The Kier molecular flexibility index (Phi) is 38.4. The number of nitrogens with one attached hydrogen (secondary N) is 9. The monoisotopic (exact) mass is 1330 g/mol. The maximum Gasteiger partial charge on any atom is 0.315 e. The highest BCUT2D eigenvalue weighted by Crippen LogP contribution is 2.26. The topological polar surface area (TPSA) is 453 Å². The Morgan fingerprint density at radius 3 is 1.20 bits per heavy atom. The van der Waals surface area contributed by atoms with Crippen molar-refractivity contribution in [1.29, 1.82) is 0 Å². The number of aliphatic hydroxyl groups is 6. The summed E-state index contributed by atoms with van der Waals surface area (Å²) in [5.74, 6) is -2.02. The number of aliphatic hydroxyl groups excluding tert-OH is 6. The van der Waals surface area contributed by atoms with E-state index in [1.807, 2.05) is 6.92 Å². The Balaban J connectivity index is 1.07. The van der Waals surface area contributed by atoms with Gasteiger partial charge < -0.3 is 121 Å². The third kappa shape index (κ3) is 30.8. The summed E-state index contributed by atoms with van der Waals surface area (Å²) in [5, 5.41) is 85.4. The van der Waals surface area contributed by atoms with Gasteiger partial charge in [-0.25, -0.2) is 19.3 Å². The van der Waals surface area contributed by atoms with Gasteiger partial charge in [-0.1, -0.05) is 0 Å². The maximum atomic E-state index is 13.2. The van der Waals surface area contributed by atoms with E-state index in [0.29, 0.717) is 88.9 Å². The molecule has 93 heavy (non-hydrogen) atoms. The third-order valence-electron chi connectivity index (χ3n) is 15.0. The van der Waals surface area contributed by atoms with Gasteiger partial charge in [0, 0.05) is 89.6 Å². The molecule has 33 heteroatoms. The van der Waals surface area contributed by atoms with Crippen molar-refractivity contribution in [2.45, 2.75) is 139 Å². The quantitative estimate of drug-likeness (QED) is 0.0225. The first-order valence-electron chi connectivity index (χ1n) is 31.6. The fraction of sp³-hybridized carbons (Fsp3) is 0.733. The zero-order valence-electron chi connectivity index (χ0n) is 53.5. The van der Waals surface area contributed by atoms with Gasteiger partial charge in [-0.15, -0.1) is 0 Å². The van der Waals surface area contributed by atoms with Crippen molar-refractivity contribution in [2.24, 2.45) is 0 Å². The van der Waals surface area contributed by atoms with Crippen LogP contribution in [0.2, 0.25) is 0 Å². The molecule has 3 heterocycles. The smallest absolute Gasteiger partial charge is 0.315 e. The average molecular weight is 1330 g/mol. The summed E-state index contributed by atoms with van der Waals surface area (Å²) < 4.78 is 50.6. The van der Waals surface area contributed by atoms with Gasteiger partial charge in [0.2, 0.25) is 11.8 Å². The normalized spacial score (nSPS) is 22.6. The van der Waals surface area contributed by atoms with Crippen molar-refractivity contribution >= 4 is 53.3 Å². The van der Waals surface area contributed by atoms with Crippen LogP contribution >= 0.6 is 0 Å². The van der Waals surface area contributed by atoms with E-state index in [2.05, 4.69) is 47.9 Å². The summed E-state index contributed by atoms with van der Waals surface area (Å²) in [6, 6.07) is 3.15. The van der Waals surface area contributed by atoms with Crippen LogP contribution in [-0.4, -0.2) is 290 Å². The molecule has 10 atom stereocenters. The lowest BCUT2D eigenvalue weighted by molar-refractivity contribution is -0.197. The minimum Gasteiger partial charge on any atom is -0.394 e. The van der Waals surface area contributed by atoms with Gasteiger partial charge in [-0.3, -0.25) is 24.0 Å². The van der Waals surface area contributed by atoms with Crippen LogP contribution in [0.4, 0.5) is 20.1 Å². The van der Waals surface area contributed by atoms with Gasteiger partial charge in [0.1, 0.15) is 36.6 Å². The molecule has 15 N–H and O–H groups in total. The second-order valence-corrected chi connectivity index (χ2v) is 22.4. The number of hydrogen-bond acceptors (Lipinski definition) is 23. The van der Waals surface area contributed by atoms with Crippen LogP contribution in [0.15, 0.2) is 36.4 Å². The van der Waals surface area contributed by atoms with Crippen LogP contribution in [-0.2, 0) is 61.8 Å². The lowest BCUT2D eigenvalue weighted by atomic mass is 9.90. The van der Waals surface area contributed by atoms with E-state index in [9.17, 15) is 69.0 Å². The van der Waals surface area contributed by atoms with Crippen molar-refractivity contribution < 1.29 is 112 Å². The van der Waals surface area contributed by atoms with Gasteiger partial charge in [0.25, 0.3) is 17.7 Å². The second kappa shape index (κ2) is 45.2. The summed E-state index contributed by atoms with van der Waals surface area (Å²) >= 11 is 0. The maximum absolute atomic E-state index is 13.2. The zero-order chi connectivity index (χ0) is 67.8. The predicted octanol–water partition coefficient (Wildman–Crippen LogP) is -3.29. The molecule has 33 nitrogen and oxygen atoms in total. The number of anilines is 1. The molecule has 0 bridgehead atoms. The van der Waals surface area contributed by atoms with Crippen LogP contribution in [0.5, 0.6) is 0 Å². The SMILES string of the molecule is CC(=O)N[C@@H]1[C@@H](O)[C@@H](O)[C@@H](CO)O[C@@H]1CCCOCCOCCNC(=O)NCCCC(C)(CCCNC(=O)NCCOCCOCCC[C@H]1O[C@H](CO)[C@H](O)[C@H](O)[C@H]1NC(C)=O)NC(=O)NCCOCCOCCOCCNC(=O)c1ccc(N2C(=O)C=CC2=O)cc1. The summed E-state index contributed by atoms with van der Waals surface area (Å²) in [6.45, 7) is 8.64. The highest BCUT2D eigenvalue weighted by atomic mass is 16.6. The largest absolute Gasteiger partial charge is 0.394 e. The van der Waals surface area contributed by atoms with Crippen molar-refractivity contribution in [3.63, 3.8) is 0 Å². The van der Waals surface area contributed by atoms with Crippen molar-refractivity contribution in [2.75, 3.05) is 150 Å². The molecule has 1 aromatic carbocycles. The molecule has 0 unspecified atom stereocenters. The molecule has 0 aromatic heterocycles. The predicted molar refractivity (Wildman–Crippen MR) is 332 cm³/mol. The summed E-state index contributed by atoms with van der Waals surface area (Å²) in [4.78, 5) is 99.0. The number of carbonyl (C=O) groups is 8. The lowest BCUT2D eigenvalue weighted by Crippen LogP contribution is -2.63. The van der Waals surface area contributed by atoms with E-state index < -0.39 is 121 Å². The number of imide groups is 1. The fourth-order valence-electron chi connectivity index (χ4n) is 10.2. The van der Waals surface area contributed by atoms with Crippen LogP contribution in [0, 0.1) is 0 Å². The zero-order valence-corrected chi connectivity index (χ0v) is 53.5. The average Bonchev–Trinajstić information content (AvgIpc) is 1.28. The molecule has 0 aliphatic carbocycles. The molecule has 528 valence electrons. The first kappa shape index (κ1) is 79.2. The molecule has 3 aliphatic rings. The molecule has 0 saturated carbocycles. The number of urea groups is 3. The Morgan fingerprint density at radius 2 is 0.817 bits per heavy atom. The molecular weight excluding hydrogens is 1230 g/mol. The van der Waals surface area contributed by atoms with E-state index in [-0.39, 0.29) is 111 Å². The molecule has 0 radical (unpaired) electrons. The highest BCUT2D eigenvalue weighted by molar-refractivity contribution is 6.28. The van der Waals surface area contributed by atoms with E-state index in [0.717, 1.165) is 4.90 Å². The number of amides is 11. The second-order valence-electron chi connectivity index (χ2n) is 22.4. The van der Waals surface area contributed by atoms with E-state index in [4.69, 9.17) is 42.6 Å². The Labute approximate surface area is 541 Å². The third-order valence-corrected chi connectivity index (χ3v) is 15.0. The standard InChI is InChI=1S/C60H100N10O23/c1-40(73)67-50-44(92-46(38-71)52(77)54(50)79)8-4-24-85-30-32-88-27-21-64-57(82)62-18-6-16-60(3,17-7-19-63-58(83)65-22-28-89-33-31-86-25-5-9-45-51(68-41(2)74)55(80)53(78)47(39-72)93-45)69-59(84)66-23-29-90-35-37-91-36-34-87-26-20-61-56(81)42-10-12-43(13-11-42)70-48(75)14-15-49(70)76/h10-15,44-47,50-55,71-72,77-80H,4-9,16-39H2,1-3H3,(H,61,81)(H,67,73)(H,68,74)(H2,62,64,82)(H2,63,65,83)(H2,66,69,84)/t44-,45-,46-,47-,50+,51+,52+,53+,54-,55-/m1/s1. The van der Waals surface area contributed by atoms with E-state index >= 15 is 0 Å². The molecule has 1 aromatic rings. The van der Waals surface area contributed by atoms with Crippen LogP contribution in [0.3, 0.4) is 0 Å². The van der Waals surface area contributed by atoms with Gasteiger partial charge in [0.15, 0.2) is 0 Å². The number of nitrogens with zero attached hydrogens (tertiary/aromatic N) is 1. The number of carbonyl (C=O) groups excluding carboxylic acids is 8. The lowest BCUT2D eigenvalue weighted by Gasteiger charge is -2.42. The molecule has 4 rings (SSSR count). The molecular formula is C60H100N10O23. The molecule has 0 spiro atoms. The minimum atomic E-state index is -1.35. The molecule has 2 saturated heterocycles. The fourth-order valence-corrected chi connectivity index (χ4v) is 10.2. The van der Waals surface area contributed by atoms with E-state index in [1.54, 1.807) is 0 Å². The van der Waals surface area contributed by atoms with Gasteiger partial charge in [-0.2, -0.15) is 0 Å². The van der Waals surface area contributed by atoms with Crippen molar-refractivity contribution in [1.82, 2.24) is 47.9 Å². The van der Waals surface area contributed by atoms with Gasteiger partial charge >= 0.3 is 18.1 Å². The Morgan fingerprint density at radius 1 is 0.462 bits per heavy atom. The van der Waals surface area contributed by atoms with E-state index in [1.165, 1.54) is 50.3 Å².